The van der Waals surface area contributed by atoms with E-state index in [1.807, 2.05) is 13.0 Å². The van der Waals surface area contributed by atoms with Crippen LogP contribution >= 0.6 is 11.6 Å². The lowest BCUT2D eigenvalue weighted by molar-refractivity contribution is 0.0572. The minimum Gasteiger partial charge on any atom is -0.378 e. The highest BCUT2D eigenvalue weighted by atomic mass is 35.5. The highest BCUT2D eigenvalue weighted by Crippen LogP contribution is 2.36. The van der Waals surface area contributed by atoms with Crippen molar-refractivity contribution in [3.63, 3.8) is 0 Å². The summed E-state index contributed by atoms with van der Waals surface area (Å²) in [5, 5.41) is 15.9. The standard InChI is InChI=1S/C17H15ClFN3O/c1-12-2-7-15(16(18)8-12)17(23,9-22-11-20-10-21-22)13-3-5-14(19)6-4-13/h2-8,10-11,23H,9H2,1H3. The maximum atomic E-state index is 13.3. The smallest absolute Gasteiger partial charge is 0.137 e. The molecule has 4 nitrogen and oxygen atoms in total. The average molecular weight is 332 g/mol. The Balaban J connectivity index is 2.14. The molecule has 0 bridgehead atoms. The van der Waals surface area contributed by atoms with Gasteiger partial charge in [-0.1, -0.05) is 35.9 Å². The Morgan fingerprint density at radius 3 is 2.57 bits per heavy atom. The molecule has 6 heteroatoms. The lowest BCUT2D eigenvalue weighted by atomic mass is 9.85. The summed E-state index contributed by atoms with van der Waals surface area (Å²) in [6.45, 7) is 2.03. The van der Waals surface area contributed by atoms with E-state index in [-0.39, 0.29) is 12.4 Å². The van der Waals surface area contributed by atoms with Crippen molar-refractivity contribution < 1.29 is 9.50 Å². The van der Waals surface area contributed by atoms with E-state index in [4.69, 9.17) is 11.6 Å². The number of hydrogen-bond donors (Lipinski definition) is 1. The summed E-state index contributed by atoms with van der Waals surface area (Å²) in [7, 11) is 0. The van der Waals surface area contributed by atoms with Crippen LogP contribution in [0.4, 0.5) is 4.39 Å². The van der Waals surface area contributed by atoms with E-state index in [2.05, 4.69) is 10.1 Å². The summed E-state index contributed by atoms with van der Waals surface area (Å²) in [6, 6.07) is 11.1. The molecule has 1 heterocycles. The van der Waals surface area contributed by atoms with Gasteiger partial charge in [0.25, 0.3) is 0 Å². The van der Waals surface area contributed by atoms with Crippen LogP contribution in [0, 0.1) is 12.7 Å². The van der Waals surface area contributed by atoms with Gasteiger partial charge in [-0.05, 0) is 36.2 Å². The van der Waals surface area contributed by atoms with Crippen LogP contribution in [0.25, 0.3) is 0 Å². The van der Waals surface area contributed by atoms with E-state index >= 15 is 0 Å². The Labute approximate surface area is 138 Å². The monoisotopic (exact) mass is 331 g/mol. The van der Waals surface area contributed by atoms with Crippen LogP contribution in [0.5, 0.6) is 0 Å². The summed E-state index contributed by atoms with van der Waals surface area (Å²) in [6.07, 6.45) is 2.90. The Morgan fingerprint density at radius 1 is 1.22 bits per heavy atom. The molecule has 1 N–H and O–H groups in total. The van der Waals surface area contributed by atoms with E-state index in [1.54, 1.807) is 24.3 Å². The van der Waals surface area contributed by atoms with Gasteiger partial charge in [-0.3, -0.25) is 0 Å². The quantitative estimate of drug-likeness (QED) is 0.798. The van der Waals surface area contributed by atoms with E-state index < -0.39 is 5.60 Å². The molecule has 118 valence electrons. The fourth-order valence-corrected chi connectivity index (χ4v) is 2.95. The fourth-order valence-electron chi connectivity index (χ4n) is 2.56. The Kier molecular flexibility index (Phi) is 4.15. The summed E-state index contributed by atoms with van der Waals surface area (Å²) < 4.78 is 14.8. The van der Waals surface area contributed by atoms with Gasteiger partial charge in [-0.15, -0.1) is 0 Å². The summed E-state index contributed by atoms with van der Waals surface area (Å²) in [5.41, 5.74) is 0.597. The molecule has 0 saturated heterocycles. The number of nitrogens with zero attached hydrogens (tertiary/aromatic N) is 3. The summed E-state index contributed by atoms with van der Waals surface area (Å²) in [5.74, 6) is -0.369. The van der Waals surface area contributed by atoms with Crippen molar-refractivity contribution in [2.24, 2.45) is 0 Å². The zero-order valence-electron chi connectivity index (χ0n) is 12.4. The van der Waals surface area contributed by atoms with Crippen LogP contribution in [0.2, 0.25) is 5.02 Å². The van der Waals surface area contributed by atoms with Gasteiger partial charge < -0.3 is 5.11 Å². The Morgan fingerprint density at radius 2 is 1.96 bits per heavy atom. The molecule has 1 atom stereocenters. The minimum absolute atomic E-state index is 0.113. The summed E-state index contributed by atoms with van der Waals surface area (Å²) >= 11 is 6.36. The van der Waals surface area contributed by atoms with Crippen LogP contribution in [0.15, 0.2) is 55.1 Å². The fraction of sp³-hybridized carbons (Fsp3) is 0.176. The molecule has 0 radical (unpaired) electrons. The molecule has 0 aliphatic rings. The van der Waals surface area contributed by atoms with Gasteiger partial charge in [0.05, 0.1) is 6.54 Å². The van der Waals surface area contributed by atoms with E-state index in [9.17, 15) is 9.50 Å². The largest absolute Gasteiger partial charge is 0.378 e. The van der Waals surface area contributed by atoms with Gasteiger partial charge in [0, 0.05) is 10.6 Å². The molecule has 0 aliphatic heterocycles. The van der Waals surface area contributed by atoms with Gasteiger partial charge in [0.1, 0.15) is 24.1 Å². The normalized spacial score (nSPS) is 13.7. The first-order valence-electron chi connectivity index (χ1n) is 7.06. The molecule has 0 fully saturated rings. The molecule has 1 unspecified atom stereocenters. The molecule has 2 aromatic carbocycles. The van der Waals surface area contributed by atoms with Gasteiger partial charge in [0.2, 0.25) is 0 Å². The van der Waals surface area contributed by atoms with Crippen LogP contribution in [0.1, 0.15) is 16.7 Å². The molecule has 3 aromatic rings. The maximum Gasteiger partial charge on any atom is 0.137 e. The second-order valence-corrected chi connectivity index (χ2v) is 5.85. The van der Waals surface area contributed by atoms with E-state index in [0.29, 0.717) is 16.1 Å². The lowest BCUT2D eigenvalue weighted by Gasteiger charge is -2.30. The maximum absolute atomic E-state index is 13.3. The van der Waals surface area contributed by atoms with Crippen LogP contribution in [0.3, 0.4) is 0 Å². The molecular formula is C17H15ClFN3O. The van der Waals surface area contributed by atoms with Crippen molar-refractivity contribution in [3.8, 4) is 0 Å². The molecule has 1 aromatic heterocycles. The molecule has 23 heavy (non-hydrogen) atoms. The molecular weight excluding hydrogens is 317 g/mol. The van der Waals surface area contributed by atoms with Crippen molar-refractivity contribution in [2.45, 2.75) is 19.1 Å². The molecule has 0 aliphatic carbocycles. The van der Waals surface area contributed by atoms with Gasteiger partial charge in [-0.25, -0.2) is 14.1 Å². The van der Waals surface area contributed by atoms with Crippen molar-refractivity contribution in [1.82, 2.24) is 14.8 Å². The second-order valence-electron chi connectivity index (χ2n) is 5.44. The molecule has 3 rings (SSSR count). The highest BCUT2D eigenvalue weighted by molar-refractivity contribution is 6.31. The number of aliphatic hydroxyl groups is 1. The average Bonchev–Trinajstić information content (AvgIpc) is 3.00. The van der Waals surface area contributed by atoms with Crippen molar-refractivity contribution in [2.75, 3.05) is 0 Å². The van der Waals surface area contributed by atoms with Crippen LogP contribution in [-0.2, 0) is 12.1 Å². The number of halogens is 2. The van der Waals surface area contributed by atoms with E-state index in [1.165, 1.54) is 29.5 Å². The predicted molar refractivity (Wildman–Crippen MR) is 85.6 cm³/mol. The summed E-state index contributed by atoms with van der Waals surface area (Å²) in [4.78, 5) is 3.89. The van der Waals surface area contributed by atoms with Gasteiger partial charge in [-0.2, -0.15) is 5.10 Å². The molecule has 0 amide bonds. The first kappa shape index (κ1) is 15.6. The zero-order valence-corrected chi connectivity index (χ0v) is 13.2. The predicted octanol–water partition coefficient (Wildman–Crippen LogP) is 3.32. The second kappa shape index (κ2) is 6.10. The number of rotatable bonds is 4. The number of aromatic nitrogens is 3. The topological polar surface area (TPSA) is 50.9 Å². The van der Waals surface area contributed by atoms with Crippen molar-refractivity contribution >= 4 is 11.6 Å². The molecule has 0 saturated carbocycles. The van der Waals surface area contributed by atoms with Crippen molar-refractivity contribution in [1.29, 1.82) is 0 Å². The highest BCUT2D eigenvalue weighted by Gasteiger charge is 2.34. The first-order valence-corrected chi connectivity index (χ1v) is 7.44. The number of benzene rings is 2. The molecule has 0 spiro atoms. The number of aryl methyl sites for hydroxylation is 1. The van der Waals surface area contributed by atoms with Gasteiger partial charge >= 0.3 is 0 Å². The van der Waals surface area contributed by atoms with E-state index in [0.717, 1.165) is 5.56 Å². The lowest BCUT2D eigenvalue weighted by Crippen LogP contribution is -2.33. The Hall–Kier alpha value is -2.24. The third-order valence-electron chi connectivity index (χ3n) is 3.75. The zero-order chi connectivity index (χ0) is 16.4. The Bertz CT molecular complexity index is 805. The van der Waals surface area contributed by atoms with Crippen molar-refractivity contribution in [3.05, 3.63) is 82.6 Å². The third-order valence-corrected chi connectivity index (χ3v) is 4.06. The van der Waals surface area contributed by atoms with Gasteiger partial charge in [0.15, 0.2) is 0 Å². The third kappa shape index (κ3) is 3.11. The minimum atomic E-state index is -1.45. The van der Waals surface area contributed by atoms with Crippen LogP contribution in [-0.4, -0.2) is 19.9 Å². The van der Waals surface area contributed by atoms with Crippen LogP contribution < -0.4 is 0 Å². The first-order chi connectivity index (χ1) is 11.0. The SMILES string of the molecule is Cc1ccc(C(O)(Cn2cncn2)c2ccc(F)cc2)c(Cl)c1. The number of hydrogen-bond acceptors (Lipinski definition) is 3.